The fourth-order valence-corrected chi connectivity index (χ4v) is 4.41. The molecule has 160 valence electrons. The van der Waals surface area contributed by atoms with Gasteiger partial charge in [-0.25, -0.2) is 4.98 Å². The second kappa shape index (κ2) is 8.13. The van der Waals surface area contributed by atoms with Gasteiger partial charge >= 0.3 is 0 Å². The average molecular weight is 485 g/mol. The zero-order valence-electron chi connectivity index (χ0n) is 16.8. The number of anilines is 1. The number of fused-ring (bicyclic) bond motifs is 3. The third-order valence-corrected chi connectivity index (χ3v) is 6.03. The van der Waals surface area contributed by atoms with E-state index in [9.17, 15) is 5.11 Å². The van der Waals surface area contributed by atoms with Crippen molar-refractivity contribution in [3.05, 3.63) is 80.9 Å². The highest BCUT2D eigenvalue weighted by molar-refractivity contribution is 6.35. The first-order valence-corrected chi connectivity index (χ1v) is 10.9. The molecule has 6 nitrogen and oxygen atoms in total. The number of aryl methyl sites for hydroxylation is 1. The molecule has 5 aromatic rings. The fraction of sp³-hybridized carbons (Fsp3) is 0.0870. The molecule has 0 bridgehead atoms. The van der Waals surface area contributed by atoms with E-state index in [4.69, 9.17) is 34.8 Å². The lowest BCUT2D eigenvalue weighted by atomic mass is 10.2. The van der Waals surface area contributed by atoms with E-state index in [2.05, 4.69) is 20.5 Å². The summed E-state index contributed by atoms with van der Waals surface area (Å²) < 4.78 is 1.96. The van der Waals surface area contributed by atoms with Crippen molar-refractivity contribution in [1.29, 1.82) is 0 Å². The molecule has 0 amide bonds. The van der Waals surface area contributed by atoms with Crippen LogP contribution in [0.25, 0.3) is 28.1 Å². The highest BCUT2D eigenvalue weighted by Gasteiger charge is 2.17. The van der Waals surface area contributed by atoms with Gasteiger partial charge in [-0.1, -0.05) is 46.9 Å². The second-order valence-electron chi connectivity index (χ2n) is 7.31. The van der Waals surface area contributed by atoms with Gasteiger partial charge < -0.3 is 10.4 Å². The maximum Gasteiger partial charge on any atom is 0.183 e. The Kier molecular flexibility index (Phi) is 5.29. The van der Waals surface area contributed by atoms with Crippen LogP contribution in [-0.2, 0) is 6.54 Å². The predicted molar refractivity (Wildman–Crippen MR) is 129 cm³/mol. The highest BCUT2D eigenvalue weighted by Crippen LogP contribution is 2.33. The summed E-state index contributed by atoms with van der Waals surface area (Å²) in [5.41, 5.74) is 5.23. The molecule has 0 fully saturated rings. The SMILES string of the molecule is Cc1nc2ccc(NCc3cc(Cl)cc(Cl)c3O)cc2n2c(-c3ccccc3Cl)nnc12. The molecule has 0 unspecified atom stereocenters. The van der Waals surface area contributed by atoms with E-state index in [1.54, 1.807) is 6.07 Å². The van der Waals surface area contributed by atoms with Crippen LogP contribution in [0.3, 0.4) is 0 Å². The summed E-state index contributed by atoms with van der Waals surface area (Å²) in [6.07, 6.45) is 0. The summed E-state index contributed by atoms with van der Waals surface area (Å²) in [6.45, 7) is 2.23. The normalized spacial score (nSPS) is 11.4. The monoisotopic (exact) mass is 483 g/mol. The number of phenolic OH excluding ortho intramolecular Hbond substituents is 1. The maximum absolute atomic E-state index is 10.2. The van der Waals surface area contributed by atoms with Gasteiger partial charge in [0.25, 0.3) is 0 Å². The minimum atomic E-state index is 0.00357. The summed E-state index contributed by atoms with van der Waals surface area (Å²) in [6, 6.07) is 16.5. The Hall–Kier alpha value is -3.06. The minimum absolute atomic E-state index is 0.00357. The number of hydrogen-bond acceptors (Lipinski definition) is 5. The number of nitrogens with zero attached hydrogens (tertiary/aromatic N) is 4. The van der Waals surface area contributed by atoms with Gasteiger partial charge in [0.2, 0.25) is 0 Å². The molecule has 2 heterocycles. The Bertz CT molecular complexity index is 1500. The second-order valence-corrected chi connectivity index (χ2v) is 8.56. The van der Waals surface area contributed by atoms with Crippen LogP contribution in [-0.4, -0.2) is 24.7 Å². The number of benzene rings is 3. The van der Waals surface area contributed by atoms with Crippen LogP contribution in [0.15, 0.2) is 54.6 Å². The van der Waals surface area contributed by atoms with E-state index in [-0.39, 0.29) is 10.8 Å². The third-order valence-electron chi connectivity index (χ3n) is 5.20. The molecule has 0 aliphatic carbocycles. The topological polar surface area (TPSA) is 75.3 Å². The number of hydrogen-bond donors (Lipinski definition) is 2. The Balaban J connectivity index is 1.62. The van der Waals surface area contributed by atoms with E-state index >= 15 is 0 Å². The van der Waals surface area contributed by atoms with Gasteiger partial charge in [0, 0.05) is 28.4 Å². The molecule has 0 spiro atoms. The standard InChI is InChI=1S/C23H16Cl3N5O/c1-12-22-29-30-23(16-4-2-3-5-17(16)25)31(22)20-10-15(6-7-19(20)28-12)27-11-13-8-14(24)9-18(26)21(13)32/h2-10,27,32H,11H2,1H3. The maximum atomic E-state index is 10.2. The van der Waals surface area contributed by atoms with Crippen LogP contribution in [0.1, 0.15) is 11.3 Å². The van der Waals surface area contributed by atoms with Gasteiger partial charge in [-0.2, -0.15) is 0 Å². The van der Waals surface area contributed by atoms with Gasteiger partial charge in [-0.05, 0) is 49.4 Å². The van der Waals surface area contributed by atoms with Crippen molar-refractivity contribution in [1.82, 2.24) is 19.6 Å². The van der Waals surface area contributed by atoms with Crippen molar-refractivity contribution in [2.45, 2.75) is 13.5 Å². The van der Waals surface area contributed by atoms with Crippen molar-refractivity contribution in [2.75, 3.05) is 5.32 Å². The summed E-state index contributed by atoms with van der Waals surface area (Å²) in [7, 11) is 0. The lowest BCUT2D eigenvalue weighted by molar-refractivity contribution is 0.469. The molecule has 0 saturated heterocycles. The molecule has 0 radical (unpaired) electrons. The van der Waals surface area contributed by atoms with Crippen LogP contribution in [0, 0.1) is 6.92 Å². The van der Waals surface area contributed by atoms with Gasteiger partial charge in [-0.15, -0.1) is 10.2 Å². The molecule has 32 heavy (non-hydrogen) atoms. The zero-order valence-corrected chi connectivity index (χ0v) is 19.0. The molecular weight excluding hydrogens is 469 g/mol. The Morgan fingerprint density at radius 2 is 1.78 bits per heavy atom. The predicted octanol–water partition coefficient (Wildman–Crippen LogP) is 6.53. The number of rotatable bonds is 4. The molecule has 9 heteroatoms. The smallest absolute Gasteiger partial charge is 0.183 e. The van der Waals surface area contributed by atoms with Crippen molar-refractivity contribution >= 4 is 57.2 Å². The summed E-state index contributed by atoms with van der Waals surface area (Å²) >= 11 is 18.6. The first-order chi connectivity index (χ1) is 15.4. The molecule has 0 aliphatic heterocycles. The Morgan fingerprint density at radius 3 is 2.59 bits per heavy atom. The van der Waals surface area contributed by atoms with Crippen LogP contribution < -0.4 is 5.32 Å². The number of aromatic nitrogens is 4. The van der Waals surface area contributed by atoms with Crippen LogP contribution >= 0.6 is 34.8 Å². The van der Waals surface area contributed by atoms with Gasteiger partial charge in [0.15, 0.2) is 11.5 Å². The number of phenols is 1. The summed E-state index contributed by atoms with van der Waals surface area (Å²) in [5.74, 6) is 0.640. The number of nitrogens with one attached hydrogen (secondary N) is 1. The minimum Gasteiger partial charge on any atom is -0.506 e. The zero-order chi connectivity index (χ0) is 22.4. The number of aromatic hydroxyl groups is 1. The molecule has 2 aromatic heterocycles. The molecule has 0 atom stereocenters. The number of halogens is 3. The largest absolute Gasteiger partial charge is 0.506 e. The lowest BCUT2D eigenvalue weighted by Crippen LogP contribution is -2.02. The van der Waals surface area contributed by atoms with Gasteiger partial charge in [-0.3, -0.25) is 4.40 Å². The van der Waals surface area contributed by atoms with Crippen LogP contribution in [0.5, 0.6) is 5.75 Å². The van der Waals surface area contributed by atoms with Crippen LogP contribution in [0.4, 0.5) is 5.69 Å². The average Bonchev–Trinajstić information content (AvgIpc) is 3.22. The van der Waals surface area contributed by atoms with E-state index in [1.807, 2.05) is 53.8 Å². The van der Waals surface area contributed by atoms with Crippen molar-refractivity contribution in [2.24, 2.45) is 0 Å². The third kappa shape index (κ3) is 3.60. The van der Waals surface area contributed by atoms with Crippen molar-refractivity contribution in [3.8, 4) is 17.1 Å². The van der Waals surface area contributed by atoms with Gasteiger partial charge in [0.05, 0.1) is 26.8 Å². The van der Waals surface area contributed by atoms with E-state index < -0.39 is 0 Å². The highest BCUT2D eigenvalue weighted by atomic mass is 35.5. The lowest BCUT2D eigenvalue weighted by Gasteiger charge is -2.12. The molecule has 0 aliphatic rings. The molecule has 2 N–H and O–H groups in total. The van der Waals surface area contributed by atoms with Crippen molar-refractivity contribution in [3.63, 3.8) is 0 Å². The van der Waals surface area contributed by atoms with Crippen molar-refractivity contribution < 1.29 is 5.11 Å². The summed E-state index contributed by atoms with van der Waals surface area (Å²) in [5, 5.41) is 23.5. The first-order valence-electron chi connectivity index (χ1n) is 9.73. The van der Waals surface area contributed by atoms with Gasteiger partial charge in [0.1, 0.15) is 5.75 Å². The molecule has 3 aromatic carbocycles. The van der Waals surface area contributed by atoms with E-state index in [0.717, 1.165) is 28.0 Å². The van der Waals surface area contributed by atoms with E-state index in [1.165, 1.54) is 6.07 Å². The fourth-order valence-electron chi connectivity index (χ4n) is 3.65. The Labute approximate surface area is 198 Å². The first kappa shape index (κ1) is 20.8. The molecular formula is C23H16Cl3N5O. The molecule has 0 saturated carbocycles. The Morgan fingerprint density at radius 1 is 0.969 bits per heavy atom. The summed E-state index contributed by atoms with van der Waals surface area (Å²) in [4.78, 5) is 4.67. The van der Waals surface area contributed by atoms with Crippen LogP contribution in [0.2, 0.25) is 15.1 Å². The van der Waals surface area contributed by atoms with E-state index in [0.29, 0.717) is 33.6 Å². The molecule has 5 rings (SSSR count). The quantitative estimate of drug-likeness (QED) is 0.303.